The van der Waals surface area contributed by atoms with Crippen LogP contribution in [0.25, 0.3) is 22.4 Å². The molecular weight excluding hydrogens is 492 g/mol. The van der Waals surface area contributed by atoms with E-state index in [9.17, 15) is 8.42 Å². The Morgan fingerprint density at radius 2 is 2.06 bits per heavy atom. The Bertz CT molecular complexity index is 1470. The second-order valence-corrected chi connectivity index (χ2v) is 11.1. The molecule has 14 heteroatoms. The third kappa shape index (κ3) is 4.90. The van der Waals surface area contributed by atoms with Gasteiger partial charge in [0, 0.05) is 29.2 Å². The molecule has 0 radical (unpaired) electrons. The number of hydrogen-bond acceptors (Lipinski definition) is 10. The number of aromatic amines is 1. The number of aryl methyl sites for hydroxylation is 1. The van der Waals surface area contributed by atoms with Crippen molar-refractivity contribution in [3.8, 4) is 22.8 Å². The number of ether oxygens (including phenoxy) is 2. The molecule has 4 aromatic rings. The predicted octanol–water partition coefficient (Wildman–Crippen LogP) is 2.40. The van der Waals surface area contributed by atoms with Gasteiger partial charge in [0.2, 0.25) is 16.8 Å². The number of imidazole rings is 1. The fourth-order valence-corrected chi connectivity index (χ4v) is 6.18. The lowest BCUT2D eigenvalue weighted by molar-refractivity contribution is 0.174. The van der Waals surface area contributed by atoms with Crippen molar-refractivity contribution < 1.29 is 17.9 Å². The summed E-state index contributed by atoms with van der Waals surface area (Å²) in [5, 5.41) is 7.65. The van der Waals surface area contributed by atoms with Crippen LogP contribution in [0.4, 0.5) is 5.82 Å². The van der Waals surface area contributed by atoms with E-state index in [0.717, 1.165) is 16.2 Å². The Hall–Kier alpha value is -3.36. The standard InChI is InChI=1S/C21H24N8O4S2/c1-12(2)28-35(30,31)7-3-6-29-20-18(19(22)23-10-24-20)26-21(29)34-17-9-16-15(32-11-33-16)8-13(17)14-4-5-25-27-14/h4-5,8-10,12,28H,3,6-7,11H2,1-2H3,(H,25,27)(H2,22,23,24). The van der Waals surface area contributed by atoms with Crippen LogP contribution in [0.5, 0.6) is 11.5 Å². The van der Waals surface area contributed by atoms with Crippen molar-refractivity contribution in [1.29, 1.82) is 0 Å². The van der Waals surface area contributed by atoms with Crippen LogP contribution >= 0.6 is 11.8 Å². The molecule has 0 unspecified atom stereocenters. The summed E-state index contributed by atoms with van der Waals surface area (Å²) < 4.78 is 40.3. The monoisotopic (exact) mass is 516 g/mol. The molecule has 35 heavy (non-hydrogen) atoms. The first kappa shape index (κ1) is 23.4. The summed E-state index contributed by atoms with van der Waals surface area (Å²) in [6.45, 7) is 4.10. The van der Waals surface area contributed by atoms with Gasteiger partial charge >= 0.3 is 0 Å². The normalized spacial score (nSPS) is 13.2. The molecule has 12 nitrogen and oxygen atoms in total. The van der Waals surface area contributed by atoms with Crippen LogP contribution in [0.1, 0.15) is 20.3 Å². The predicted molar refractivity (Wildman–Crippen MR) is 131 cm³/mol. The first-order valence-electron chi connectivity index (χ1n) is 10.9. The fraction of sp³-hybridized carbons (Fsp3) is 0.333. The Morgan fingerprint density at radius 1 is 1.26 bits per heavy atom. The van der Waals surface area contributed by atoms with E-state index >= 15 is 0 Å². The average molecular weight is 517 g/mol. The second kappa shape index (κ2) is 9.36. The van der Waals surface area contributed by atoms with Gasteiger partial charge in [0.15, 0.2) is 33.6 Å². The van der Waals surface area contributed by atoms with Crippen molar-refractivity contribution in [1.82, 2.24) is 34.4 Å². The number of benzene rings is 1. The fourth-order valence-electron chi connectivity index (χ4n) is 3.77. The van der Waals surface area contributed by atoms with E-state index in [-0.39, 0.29) is 24.4 Å². The number of aromatic nitrogens is 6. The van der Waals surface area contributed by atoms with Crippen molar-refractivity contribution >= 4 is 38.8 Å². The van der Waals surface area contributed by atoms with Gasteiger partial charge in [-0.15, -0.1) is 0 Å². The molecule has 1 aromatic carbocycles. The lowest BCUT2D eigenvalue weighted by Crippen LogP contribution is -2.32. The van der Waals surface area contributed by atoms with E-state index in [4.69, 9.17) is 20.2 Å². The number of nitrogens with zero attached hydrogens (tertiary/aromatic N) is 5. The average Bonchev–Trinajstić information content (AvgIpc) is 3.53. The Morgan fingerprint density at radius 3 is 2.80 bits per heavy atom. The van der Waals surface area contributed by atoms with Crippen LogP contribution < -0.4 is 19.9 Å². The Labute approximate surface area is 205 Å². The van der Waals surface area contributed by atoms with E-state index in [0.29, 0.717) is 40.8 Å². The van der Waals surface area contributed by atoms with Crippen LogP contribution in [0, 0.1) is 0 Å². The number of sulfonamides is 1. The molecule has 0 aliphatic carbocycles. The summed E-state index contributed by atoms with van der Waals surface area (Å²) >= 11 is 1.39. The summed E-state index contributed by atoms with van der Waals surface area (Å²) in [4.78, 5) is 14.0. The van der Waals surface area contributed by atoms with Crippen molar-refractivity contribution in [3.05, 3.63) is 30.7 Å². The van der Waals surface area contributed by atoms with Gasteiger partial charge < -0.3 is 19.8 Å². The highest BCUT2D eigenvalue weighted by atomic mass is 32.2. The van der Waals surface area contributed by atoms with Gasteiger partial charge in [-0.25, -0.2) is 28.1 Å². The van der Waals surface area contributed by atoms with Gasteiger partial charge in [-0.3, -0.25) is 5.10 Å². The molecule has 3 aromatic heterocycles. The van der Waals surface area contributed by atoms with E-state index in [1.165, 1.54) is 18.1 Å². The van der Waals surface area contributed by atoms with Gasteiger partial charge in [0.05, 0.1) is 11.4 Å². The maximum atomic E-state index is 12.3. The van der Waals surface area contributed by atoms with E-state index in [1.54, 1.807) is 20.0 Å². The molecule has 0 amide bonds. The van der Waals surface area contributed by atoms with Crippen molar-refractivity contribution in [2.45, 2.75) is 42.9 Å². The van der Waals surface area contributed by atoms with Crippen LogP contribution in [0.2, 0.25) is 0 Å². The number of nitrogens with one attached hydrogen (secondary N) is 2. The third-order valence-corrected chi connectivity index (χ3v) is 7.91. The lowest BCUT2D eigenvalue weighted by Gasteiger charge is -2.12. The van der Waals surface area contributed by atoms with Gasteiger partial charge in [-0.05, 0) is 38.5 Å². The van der Waals surface area contributed by atoms with E-state index in [2.05, 4.69) is 24.9 Å². The highest BCUT2D eigenvalue weighted by Gasteiger charge is 2.23. The number of nitrogens with two attached hydrogens (primary N) is 1. The Kier molecular flexibility index (Phi) is 6.25. The van der Waals surface area contributed by atoms with Crippen molar-refractivity contribution in [2.24, 2.45) is 0 Å². The Balaban J connectivity index is 1.51. The van der Waals surface area contributed by atoms with Gasteiger partial charge in [0.1, 0.15) is 6.33 Å². The smallest absolute Gasteiger partial charge is 0.231 e. The van der Waals surface area contributed by atoms with E-state index in [1.807, 2.05) is 22.8 Å². The zero-order chi connectivity index (χ0) is 24.6. The molecule has 0 fully saturated rings. The van der Waals surface area contributed by atoms with Crippen LogP contribution in [0.15, 0.2) is 40.8 Å². The maximum Gasteiger partial charge on any atom is 0.231 e. The molecule has 1 aliphatic heterocycles. The van der Waals surface area contributed by atoms with Gasteiger partial charge in [0.25, 0.3) is 0 Å². The summed E-state index contributed by atoms with van der Waals surface area (Å²) in [6, 6.07) is 5.47. The highest BCUT2D eigenvalue weighted by molar-refractivity contribution is 7.99. The van der Waals surface area contributed by atoms with Crippen LogP contribution in [0.3, 0.4) is 0 Å². The number of anilines is 1. The maximum absolute atomic E-state index is 12.3. The summed E-state index contributed by atoms with van der Waals surface area (Å²) in [6.07, 6.45) is 3.41. The lowest BCUT2D eigenvalue weighted by atomic mass is 10.1. The minimum absolute atomic E-state index is 0.0288. The van der Waals surface area contributed by atoms with Crippen LogP contribution in [-0.2, 0) is 16.6 Å². The third-order valence-electron chi connectivity index (χ3n) is 5.20. The molecule has 184 valence electrons. The zero-order valence-electron chi connectivity index (χ0n) is 19.1. The topological polar surface area (TPSA) is 163 Å². The molecule has 5 rings (SSSR count). The largest absolute Gasteiger partial charge is 0.454 e. The number of hydrogen-bond donors (Lipinski definition) is 3. The number of nitrogen functional groups attached to an aromatic ring is 1. The molecule has 0 saturated carbocycles. The molecule has 0 spiro atoms. The van der Waals surface area contributed by atoms with Gasteiger partial charge in [-0.2, -0.15) is 5.10 Å². The molecule has 0 atom stereocenters. The van der Waals surface area contributed by atoms with Crippen LogP contribution in [-0.4, -0.2) is 56.7 Å². The van der Waals surface area contributed by atoms with E-state index < -0.39 is 10.0 Å². The molecule has 4 N–H and O–H groups in total. The molecule has 1 aliphatic rings. The number of rotatable bonds is 9. The first-order valence-corrected chi connectivity index (χ1v) is 13.4. The van der Waals surface area contributed by atoms with Crippen molar-refractivity contribution in [3.63, 3.8) is 0 Å². The molecular formula is C21H24N8O4S2. The van der Waals surface area contributed by atoms with Crippen molar-refractivity contribution in [2.75, 3.05) is 18.3 Å². The first-order chi connectivity index (χ1) is 16.8. The summed E-state index contributed by atoms with van der Waals surface area (Å²) in [5.41, 5.74) is 8.74. The molecule has 4 heterocycles. The summed E-state index contributed by atoms with van der Waals surface area (Å²) in [7, 11) is -3.40. The minimum Gasteiger partial charge on any atom is -0.454 e. The number of H-pyrrole nitrogens is 1. The highest BCUT2D eigenvalue weighted by Crippen LogP contribution is 2.44. The SMILES string of the molecule is CC(C)NS(=O)(=O)CCCn1c(Sc2cc3c(cc2-c2ccn[nH]2)OCO3)nc2c(N)ncnc21. The minimum atomic E-state index is -3.40. The van der Waals surface area contributed by atoms with Gasteiger partial charge in [-0.1, -0.05) is 11.8 Å². The zero-order valence-corrected chi connectivity index (χ0v) is 20.7. The molecule has 0 saturated heterocycles. The summed E-state index contributed by atoms with van der Waals surface area (Å²) in [5.74, 6) is 1.50. The quantitative estimate of drug-likeness (QED) is 0.301. The second-order valence-electron chi connectivity index (χ2n) is 8.20. The molecule has 0 bridgehead atoms. The number of fused-ring (bicyclic) bond motifs is 2.